The molecule has 0 aliphatic carbocycles. The van der Waals surface area contributed by atoms with Gasteiger partial charge in [0.15, 0.2) is 0 Å². The average Bonchev–Trinajstić information content (AvgIpc) is 3.17. The van der Waals surface area contributed by atoms with Gasteiger partial charge in [0.2, 0.25) is 0 Å². The summed E-state index contributed by atoms with van der Waals surface area (Å²) in [7, 11) is 0. The van der Waals surface area contributed by atoms with E-state index < -0.39 is 0 Å². The van der Waals surface area contributed by atoms with Gasteiger partial charge in [-0.1, -0.05) is 18.5 Å². The molecule has 0 spiro atoms. The highest BCUT2D eigenvalue weighted by Gasteiger charge is 2.36. The highest BCUT2D eigenvalue weighted by molar-refractivity contribution is 7.19. The van der Waals surface area contributed by atoms with Crippen molar-refractivity contribution < 1.29 is 4.79 Å². The first-order chi connectivity index (χ1) is 10.0. The Morgan fingerprint density at radius 2 is 2.33 bits per heavy atom. The van der Waals surface area contributed by atoms with E-state index >= 15 is 0 Å². The molecule has 3 N–H and O–H groups in total. The number of H-pyrrole nitrogens is 1. The third kappa shape index (κ3) is 2.73. The van der Waals surface area contributed by atoms with E-state index in [1.54, 1.807) is 6.20 Å². The molecule has 0 saturated carbocycles. The zero-order valence-corrected chi connectivity index (χ0v) is 13.4. The van der Waals surface area contributed by atoms with Crippen molar-refractivity contribution in [3.05, 3.63) is 34.4 Å². The minimum absolute atomic E-state index is 0.0401. The number of thiophene rings is 1. The lowest BCUT2D eigenvalue weighted by Crippen LogP contribution is -2.34. The van der Waals surface area contributed by atoms with Gasteiger partial charge in [-0.25, -0.2) is 0 Å². The molecule has 0 radical (unpaired) electrons. The van der Waals surface area contributed by atoms with Crippen LogP contribution in [-0.2, 0) is 0 Å². The summed E-state index contributed by atoms with van der Waals surface area (Å²) in [4.78, 5) is 18.7. The summed E-state index contributed by atoms with van der Waals surface area (Å²) in [5.41, 5.74) is 7.47. The van der Waals surface area contributed by atoms with Gasteiger partial charge < -0.3 is 15.6 Å². The van der Waals surface area contributed by atoms with Crippen LogP contribution in [0.1, 0.15) is 23.7 Å². The van der Waals surface area contributed by atoms with Crippen molar-refractivity contribution in [3.63, 3.8) is 0 Å². The molecule has 3 heterocycles. The predicted octanol–water partition coefficient (Wildman–Crippen LogP) is 3.21. The van der Waals surface area contributed by atoms with Gasteiger partial charge in [0.25, 0.3) is 5.91 Å². The molecule has 112 valence electrons. The van der Waals surface area contributed by atoms with Gasteiger partial charge in [-0.3, -0.25) is 4.79 Å². The van der Waals surface area contributed by atoms with Gasteiger partial charge in [0, 0.05) is 35.9 Å². The molecule has 0 aromatic carbocycles. The first-order valence-corrected chi connectivity index (χ1v) is 8.14. The fourth-order valence-corrected chi connectivity index (χ4v) is 3.81. The van der Waals surface area contributed by atoms with E-state index in [1.807, 2.05) is 23.2 Å². The Bertz CT molecular complexity index is 665. The lowest BCUT2D eigenvalue weighted by atomic mass is 9.90. The summed E-state index contributed by atoms with van der Waals surface area (Å²) in [5, 5.41) is 0. The molecule has 1 aliphatic rings. The molecule has 1 atom stereocenters. The number of hydrogen-bond donors (Lipinski definition) is 2. The molecule has 0 bridgehead atoms. The Labute approximate surface area is 132 Å². The minimum atomic E-state index is 0.0401. The smallest absolute Gasteiger partial charge is 0.256 e. The SMILES string of the molecule is CC1(CN)CCN(C(=O)c2c[nH]cc2-c2ccc(Cl)s2)C1. The molecule has 4 nitrogen and oxygen atoms in total. The van der Waals surface area contributed by atoms with E-state index in [-0.39, 0.29) is 11.3 Å². The van der Waals surface area contributed by atoms with Crippen molar-refractivity contribution in [2.75, 3.05) is 19.6 Å². The first-order valence-electron chi connectivity index (χ1n) is 6.94. The molecule has 6 heteroatoms. The van der Waals surface area contributed by atoms with Crippen molar-refractivity contribution in [3.8, 4) is 10.4 Å². The fraction of sp³-hybridized carbons (Fsp3) is 0.400. The Morgan fingerprint density at radius 1 is 1.52 bits per heavy atom. The van der Waals surface area contributed by atoms with Crippen LogP contribution >= 0.6 is 22.9 Å². The normalized spacial score (nSPS) is 22.0. The Kier molecular flexibility index (Phi) is 3.82. The topological polar surface area (TPSA) is 62.1 Å². The van der Waals surface area contributed by atoms with E-state index in [0.29, 0.717) is 12.1 Å². The average molecular weight is 324 g/mol. The molecular formula is C15H18ClN3OS. The fourth-order valence-electron chi connectivity index (χ4n) is 2.74. The van der Waals surface area contributed by atoms with Gasteiger partial charge in [-0.2, -0.15) is 0 Å². The van der Waals surface area contributed by atoms with Gasteiger partial charge in [-0.05, 0) is 30.5 Å². The first kappa shape index (κ1) is 14.6. The second kappa shape index (κ2) is 5.48. The Balaban J connectivity index is 1.85. The molecule has 1 saturated heterocycles. The summed E-state index contributed by atoms with van der Waals surface area (Å²) in [6, 6.07) is 3.80. The zero-order chi connectivity index (χ0) is 15.0. The number of hydrogen-bond acceptors (Lipinski definition) is 3. The second-order valence-corrected chi connectivity index (χ2v) is 7.59. The summed E-state index contributed by atoms with van der Waals surface area (Å²) in [6.07, 6.45) is 4.58. The van der Waals surface area contributed by atoms with E-state index in [0.717, 1.165) is 34.3 Å². The monoisotopic (exact) mass is 323 g/mol. The number of aromatic amines is 1. The number of nitrogens with zero attached hydrogens (tertiary/aromatic N) is 1. The number of nitrogens with two attached hydrogens (primary N) is 1. The maximum absolute atomic E-state index is 12.7. The van der Waals surface area contributed by atoms with Crippen LogP contribution in [0.15, 0.2) is 24.5 Å². The maximum Gasteiger partial charge on any atom is 0.256 e. The van der Waals surface area contributed by atoms with Gasteiger partial charge in [0.1, 0.15) is 0 Å². The number of rotatable bonds is 3. The van der Waals surface area contributed by atoms with Crippen molar-refractivity contribution in [1.29, 1.82) is 0 Å². The standard InChI is InChI=1S/C15H18ClN3OS/c1-15(8-17)4-5-19(9-15)14(20)11-7-18-6-10(11)12-2-3-13(16)21-12/h2-3,6-7,18H,4-5,8-9,17H2,1H3. The van der Waals surface area contributed by atoms with E-state index in [9.17, 15) is 4.79 Å². The lowest BCUT2D eigenvalue weighted by molar-refractivity contribution is 0.0778. The largest absolute Gasteiger partial charge is 0.366 e. The zero-order valence-electron chi connectivity index (χ0n) is 11.9. The van der Waals surface area contributed by atoms with E-state index in [1.165, 1.54) is 11.3 Å². The number of nitrogens with one attached hydrogen (secondary N) is 1. The van der Waals surface area contributed by atoms with Crippen LogP contribution in [0.25, 0.3) is 10.4 Å². The maximum atomic E-state index is 12.7. The highest BCUT2D eigenvalue weighted by Crippen LogP contribution is 2.35. The number of aromatic nitrogens is 1. The van der Waals surface area contributed by atoms with Crippen LogP contribution in [0, 0.1) is 5.41 Å². The number of halogens is 1. The van der Waals surface area contributed by atoms with Crippen LogP contribution in [0.3, 0.4) is 0 Å². The molecule has 3 rings (SSSR count). The quantitative estimate of drug-likeness (QED) is 0.911. The molecule has 2 aromatic heterocycles. The van der Waals surface area contributed by atoms with Crippen LogP contribution < -0.4 is 5.73 Å². The third-order valence-corrected chi connectivity index (χ3v) is 5.42. The van der Waals surface area contributed by atoms with Crippen LogP contribution in [-0.4, -0.2) is 35.4 Å². The summed E-state index contributed by atoms with van der Waals surface area (Å²) in [6.45, 7) is 4.23. The summed E-state index contributed by atoms with van der Waals surface area (Å²) in [5.74, 6) is 0.0629. The van der Waals surface area contributed by atoms with Crippen LogP contribution in [0.2, 0.25) is 4.34 Å². The molecular weight excluding hydrogens is 306 g/mol. The van der Waals surface area contributed by atoms with Gasteiger partial charge >= 0.3 is 0 Å². The Hall–Kier alpha value is -1.30. The number of carbonyl (C=O) groups is 1. The highest BCUT2D eigenvalue weighted by atomic mass is 35.5. The van der Waals surface area contributed by atoms with Gasteiger partial charge in [-0.15, -0.1) is 11.3 Å². The van der Waals surface area contributed by atoms with E-state index in [2.05, 4.69) is 11.9 Å². The van der Waals surface area contributed by atoms with Crippen molar-refractivity contribution in [2.45, 2.75) is 13.3 Å². The van der Waals surface area contributed by atoms with Crippen molar-refractivity contribution >= 4 is 28.8 Å². The molecule has 1 amide bonds. The van der Waals surface area contributed by atoms with E-state index in [4.69, 9.17) is 17.3 Å². The number of likely N-dealkylation sites (tertiary alicyclic amines) is 1. The molecule has 1 aliphatic heterocycles. The van der Waals surface area contributed by atoms with Crippen molar-refractivity contribution in [1.82, 2.24) is 9.88 Å². The van der Waals surface area contributed by atoms with Crippen molar-refractivity contribution in [2.24, 2.45) is 11.1 Å². The molecule has 21 heavy (non-hydrogen) atoms. The minimum Gasteiger partial charge on any atom is -0.366 e. The lowest BCUT2D eigenvalue weighted by Gasteiger charge is -2.22. The summed E-state index contributed by atoms with van der Waals surface area (Å²) < 4.78 is 0.724. The second-order valence-electron chi connectivity index (χ2n) is 5.88. The summed E-state index contributed by atoms with van der Waals surface area (Å²) >= 11 is 7.47. The molecule has 1 fully saturated rings. The third-order valence-electron chi connectivity index (χ3n) is 4.15. The number of amides is 1. The molecule has 1 unspecified atom stereocenters. The van der Waals surface area contributed by atoms with Crippen LogP contribution in [0.5, 0.6) is 0 Å². The Morgan fingerprint density at radius 3 is 2.95 bits per heavy atom. The van der Waals surface area contributed by atoms with Gasteiger partial charge in [0.05, 0.1) is 9.90 Å². The molecule has 2 aromatic rings. The predicted molar refractivity (Wildman–Crippen MR) is 86.8 cm³/mol. The number of carbonyl (C=O) groups excluding carboxylic acids is 1. The van der Waals surface area contributed by atoms with Crippen LogP contribution in [0.4, 0.5) is 0 Å².